The van der Waals surface area contributed by atoms with E-state index in [1.807, 2.05) is 48.5 Å². The molecule has 0 aliphatic carbocycles. The van der Waals surface area contributed by atoms with Crippen LogP contribution in [-0.2, 0) is 17.9 Å². The highest BCUT2D eigenvalue weighted by Crippen LogP contribution is 2.24. The second kappa shape index (κ2) is 9.59. The molecule has 1 unspecified atom stereocenters. The second-order valence-electron chi connectivity index (χ2n) is 7.99. The Hall–Kier alpha value is -3.11. The van der Waals surface area contributed by atoms with Gasteiger partial charge in [-0.15, -0.1) is 0 Å². The van der Waals surface area contributed by atoms with E-state index in [4.69, 9.17) is 4.74 Å². The third-order valence-electron chi connectivity index (χ3n) is 5.48. The summed E-state index contributed by atoms with van der Waals surface area (Å²) in [6, 6.07) is 26.3. The molecule has 0 bridgehead atoms. The minimum Gasteiger partial charge on any atom is -0.457 e. The monoisotopic (exact) mass is 400 g/mol. The normalized spacial score (nSPS) is 16.4. The maximum absolute atomic E-state index is 12.6. The van der Waals surface area contributed by atoms with E-state index in [1.54, 1.807) is 0 Å². The van der Waals surface area contributed by atoms with Crippen molar-refractivity contribution < 1.29 is 9.53 Å². The van der Waals surface area contributed by atoms with Crippen LogP contribution in [-0.4, -0.2) is 23.9 Å². The number of aryl methyl sites for hydroxylation is 1. The number of para-hydroxylation sites is 1. The van der Waals surface area contributed by atoms with Gasteiger partial charge in [0.05, 0.1) is 5.92 Å². The average Bonchev–Trinajstić information content (AvgIpc) is 3.22. The Morgan fingerprint density at radius 2 is 1.73 bits per heavy atom. The molecule has 30 heavy (non-hydrogen) atoms. The fraction of sp³-hybridized carbons (Fsp3) is 0.269. The first-order valence-corrected chi connectivity index (χ1v) is 10.5. The Labute approximate surface area is 178 Å². The zero-order valence-electron chi connectivity index (χ0n) is 17.4. The van der Waals surface area contributed by atoms with E-state index in [9.17, 15) is 4.79 Å². The summed E-state index contributed by atoms with van der Waals surface area (Å²) in [6.07, 6.45) is 0.903. The fourth-order valence-electron chi connectivity index (χ4n) is 3.94. The summed E-state index contributed by atoms with van der Waals surface area (Å²) < 4.78 is 5.94. The lowest BCUT2D eigenvalue weighted by molar-refractivity contribution is -0.124. The number of nitrogens with zero attached hydrogens (tertiary/aromatic N) is 1. The van der Waals surface area contributed by atoms with Gasteiger partial charge in [0.1, 0.15) is 11.5 Å². The van der Waals surface area contributed by atoms with Crippen molar-refractivity contribution in [3.63, 3.8) is 0 Å². The maximum atomic E-state index is 12.6. The first kappa shape index (κ1) is 20.2. The SMILES string of the molecule is Cc1cccc(CNC(=O)C2CCN(Cc3cccc(Oc4ccccc4)c3)C2)c1. The molecule has 0 aromatic heterocycles. The van der Waals surface area contributed by atoms with Gasteiger partial charge < -0.3 is 10.1 Å². The van der Waals surface area contributed by atoms with Crippen molar-refractivity contribution >= 4 is 5.91 Å². The summed E-state index contributed by atoms with van der Waals surface area (Å²) in [6.45, 7) is 5.22. The van der Waals surface area contributed by atoms with Gasteiger partial charge in [-0.1, -0.05) is 60.2 Å². The van der Waals surface area contributed by atoms with Gasteiger partial charge >= 0.3 is 0 Å². The molecule has 1 heterocycles. The van der Waals surface area contributed by atoms with E-state index in [-0.39, 0.29) is 11.8 Å². The van der Waals surface area contributed by atoms with E-state index >= 15 is 0 Å². The minimum atomic E-state index is 0.0542. The lowest BCUT2D eigenvalue weighted by Crippen LogP contribution is -2.32. The predicted molar refractivity (Wildman–Crippen MR) is 119 cm³/mol. The molecule has 1 saturated heterocycles. The molecule has 0 spiro atoms. The highest BCUT2D eigenvalue weighted by Gasteiger charge is 2.28. The van der Waals surface area contributed by atoms with Gasteiger partial charge in [0.15, 0.2) is 0 Å². The topological polar surface area (TPSA) is 41.6 Å². The van der Waals surface area contributed by atoms with Gasteiger partial charge in [0.25, 0.3) is 0 Å². The summed E-state index contributed by atoms with van der Waals surface area (Å²) in [7, 11) is 0. The Morgan fingerprint density at radius 3 is 2.57 bits per heavy atom. The molecular weight excluding hydrogens is 372 g/mol. The standard InChI is InChI=1S/C26H28N2O2/c1-20-7-5-8-21(15-20)17-27-26(29)23-13-14-28(19-23)18-22-9-6-12-25(16-22)30-24-10-3-2-4-11-24/h2-12,15-16,23H,13-14,17-19H2,1H3,(H,27,29). The average molecular weight is 401 g/mol. The van der Waals surface area contributed by atoms with Gasteiger partial charge in [-0.25, -0.2) is 0 Å². The van der Waals surface area contributed by atoms with Crippen LogP contribution in [0.1, 0.15) is 23.1 Å². The maximum Gasteiger partial charge on any atom is 0.224 e. The van der Waals surface area contributed by atoms with Gasteiger partial charge in [-0.2, -0.15) is 0 Å². The van der Waals surface area contributed by atoms with Crippen LogP contribution in [0.4, 0.5) is 0 Å². The van der Waals surface area contributed by atoms with Gasteiger partial charge in [0, 0.05) is 19.6 Å². The second-order valence-corrected chi connectivity index (χ2v) is 7.99. The van der Waals surface area contributed by atoms with Crippen molar-refractivity contribution in [2.75, 3.05) is 13.1 Å². The first-order chi connectivity index (χ1) is 14.7. The molecule has 1 N–H and O–H groups in total. The molecule has 3 aromatic carbocycles. The zero-order valence-corrected chi connectivity index (χ0v) is 17.4. The molecular formula is C26H28N2O2. The van der Waals surface area contributed by atoms with Gasteiger partial charge in [0.2, 0.25) is 5.91 Å². The number of rotatable bonds is 7. The van der Waals surface area contributed by atoms with Crippen LogP contribution in [0.25, 0.3) is 0 Å². The summed E-state index contributed by atoms with van der Waals surface area (Å²) in [5.74, 6) is 1.88. The number of benzene rings is 3. The van der Waals surface area contributed by atoms with E-state index in [0.717, 1.165) is 43.1 Å². The molecule has 0 saturated carbocycles. The summed E-state index contributed by atoms with van der Waals surface area (Å²) >= 11 is 0. The molecule has 154 valence electrons. The Kier molecular flexibility index (Phi) is 6.45. The molecule has 0 radical (unpaired) electrons. The van der Waals surface area contributed by atoms with E-state index in [2.05, 4.69) is 47.5 Å². The van der Waals surface area contributed by atoms with Crippen molar-refractivity contribution in [1.29, 1.82) is 0 Å². The summed E-state index contributed by atoms with van der Waals surface area (Å²) in [5, 5.41) is 3.10. The molecule has 3 aromatic rings. The third-order valence-corrected chi connectivity index (χ3v) is 5.48. The van der Waals surface area contributed by atoms with Crippen LogP contribution < -0.4 is 10.1 Å². The predicted octanol–water partition coefficient (Wildman–Crippen LogP) is 4.93. The number of carbonyl (C=O) groups excluding carboxylic acids is 1. The Balaban J connectivity index is 1.28. The lowest BCUT2D eigenvalue weighted by Gasteiger charge is -2.17. The van der Waals surface area contributed by atoms with Crippen LogP contribution in [0.5, 0.6) is 11.5 Å². The largest absolute Gasteiger partial charge is 0.457 e. The molecule has 4 nitrogen and oxygen atoms in total. The third kappa shape index (κ3) is 5.49. The number of likely N-dealkylation sites (tertiary alicyclic amines) is 1. The Bertz CT molecular complexity index is 987. The molecule has 1 atom stereocenters. The minimum absolute atomic E-state index is 0.0542. The molecule has 4 heteroatoms. The molecule has 1 aliphatic rings. The quantitative estimate of drug-likeness (QED) is 0.612. The van der Waals surface area contributed by atoms with Crippen molar-refractivity contribution in [2.24, 2.45) is 5.92 Å². The van der Waals surface area contributed by atoms with Crippen molar-refractivity contribution in [3.05, 3.63) is 95.6 Å². The number of carbonyl (C=O) groups is 1. The lowest BCUT2D eigenvalue weighted by atomic mass is 10.1. The number of hydrogen-bond donors (Lipinski definition) is 1. The van der Waals surface area contributed by atoms with Crippen LogP contribution in [0, 0.1) is 12.8 Å². The first-order valence-electron chi connectivity index (χ1n) is 10.5. The molecule has 4 rings (SSSR count). The smallest absolute Gasteiger partial charge is 0.224 e. The molecule has 1 amide bonds. The molecule has 1 fully saturated rings. The fourth-order valence-corrected chi connectivity index (χ4v) is 3.94. The number of amides is 1. The van der Waals surface area contributed by atoms with Gasteiger partial charge in [-0.05, 0) is 55.3 Å². The van der Waals surface area contributed by atoms with Gasteiger partial charge in [-0.3, -0.25) is 9.69 Å². The Morgan fingerprint density at radius 1 is 0.967 bits per heavy atom. The van der Waals surface area contributed by atoms with Crippen molar-refractivity contribution in [1.82, 2.24) is 10.2 Å². The molecule has 1 aliphatic heterocycles. The number of nitrogens with one attached hydrogen (secondary N) is 1. The highest BCUT2D eigenvalue weighted by molar-refractivity contribution is 5.79. The van der Waals surface area contributed by atoms with E-state index < -0.39 is 0 Å². The van der Waals surface area contributed by atoms with Crippen molar-refractivity contribution in [3.8, 4) is 11.5 Å². The van der Waals surface area contributed by atoms with Crippen LogP contribution >= 0.6 is 0 Å². The van der Waals surface area contributed by atoms with Crippen LogP contribution in [0.15, 0.2) is 78.9 Å². The van der Waals surface area contributed by atoms with Crippen molar-refractivity contribution in [2.45, 2.75) is 26.4 Å². The number of hydrogen-bond acceptors (Lipinski definition) is 3. The zero-order chi connectivity index (χ0) is 20.8. The van der Waals surface area contributed by atoms with Crippen LogP contribution in [0.3, 0.4) is 0 Å². The van der Waals surface area contributed by atoms with Crippen LogP contribution in [0.2, 0.25) is 0 Å². The summed E-state index contributed by atoms with van der Waals surface area (Å²) in [4.78, 5) is 14.9. The van der Waals surface area contributed by atoms with E-state index in [1.165, 1.54) is 11.1 Å². The number of ether oxygens (including phenoxy) is 1. The van der Waals surface area contributed by atoms with E-state index in [0.29, 0.717) is 6.54 Å². The highest BCUT2D eigenvalue weighted by atomic mass is 16.5. The summed E-state index contributed by atoms with van der Waals surface area (Å²) in [5.41, 5.74) is 3.56.